The number of fused-ring (bicyclic) bond motifs is 3. The summed E-state index contributed by atoms with van der Waals surface area (Å²) >= 11 is 0. The van der Waals surface area contributed by atoms with E-state index in [0.717, 1.165) is 0 Å². The van der Waals surface area contributed by atoms with Crippen LogP contribution in [0.1, 0.15) is 29.1 Å². The van der Waals surface area contributed by atoms with Crippen LogP contribution in [0.5, 0.6) is 0 Å². The Morgan fingerprint density at radius 3 is 2.90 bits per heavy atom. The van der Waals surface area contributed by atoms with E-state index in [0.29, 0.717) is 22.2 Å². The zero-order valence-corrected chi connectivity index (χ0v) is 11.3. The van der Waals surface area contributed by atoms with Gasteiger partial charge in [-0.25, -0.2) is 9.59 Å². The summed E-state index contributed by atoms with van der Waals surface area (Å²) in [5.74, 6) is -1.18. The molecule has 0 spiro atoms. The van der Waals surface area contributed by atoms with E-state index in [9.17, 15) is 9.59 Å². The van der Waals surface area contributed by atoms with Gasteiger partial charge >= 0.3 is 11.9 Å². The molecule has 0 saturated carbocycles. The van der Waals surface area contributed by atoms with Crippen LogP contribution in [0.3, 0.4) is 0 Å². The van der Waals surface area contributed by atoms with Crippen LogP contribution < -0.4 is 0 Å². The summed E-state index contributed by atoms with van der Waals surface area (Å²) in [6, 6.07) is 2.38. The third-order valence-electron chi connectivity index (χ3n) is 3.10. The average Bonchev–Trinajstić information content (AvgIpc) is 3.09. The molecule has 0 aliphatic carbocycles. The number of azo groups is 1. The highest BCUT2D eigenvalue weighted by molar-refractivity contribution is 6.04. The van der Waals surface area contributed by atoms with Crippen molar-refractivity contribution in [2.24, 2.45) is 10.2 Å². The van der Waals surface area contributed by atoms with E-state index < -0.39 is 18.0 Å². The van der Waals surface area contributed by atoms with Crippen LogP contribution in [0, 0.1) is 0 Å². The first-order valence-corrected chi connectivity index (χ1v) is 6.25. The van der Waals surface area contributed by atoms with E-state index in [-0.39, 0.29) is 12.4 Å². The lowest BCUT2D eigenvalue weighted by Gasteiger charge is -2.07. The maximum atomic E-state index is 11.9. The lowest BCUT2D eigenvalue weighted by atomic mass is 10.0. The summed E-state index contributed by atoms with van der Waals surface area (Å²) < 4.78 is 14.6. The Hall–Kier alpha value is -2.77. The van der Waals surface area contributed by atoms with Gasteiger partial charge < -0.3 is 14.0 Å². The van der Waals surface area contributed by atoms with Crippen LogP contribution in [-0.2, 0) is 14.3 Å². The Morgan fingerprint density at radius 1 is 1.38 bits per heavy atom. The summed E-state index contributed by atoms with van der Waals surface area (Å²) in [4.78, 5) is 23.5. The lowest BCUT2D eigenvalue weighted by Crippen LogP contribution is -2.12. The van der Waals surface area contributed by atoms with Gasteiger partial charge in [0.1, 0.15) is 5.52 Å². The molecule has 1 aliphatic rings. The van der Waals surface area contributed by atoms with Crippen LogP contribution in [-0.4, -0.2) is 30.8 Å². The molecule has 1 unspecified atom stereocenters. The SMILES string of the molecule is CCOC(=O)C1N=Nc2ccc3c(C(=O)OC)onc3c21. The van der Waals surface area contributed by atoms with Crippen molar-refractivity contribution >= 4 is 28.5 Å². The molecule has 1 aliphatic heterocycles. The van der Waals surface area contributed by atoms with E-state index in [4.69, 9.17) is 9.26 Å². The maximum absolute atomic E-state index is 11.9. The number of benzene rings is 1. The monoisotopic (exact) mass is 289 g/mol. The number of carbonyl (C=O) groups excluding carboxylic acids is 2. The molecule has 0 radical (unpaired) electrons. The van der Waals surface area contributed by atoms with Crippen molar-refractivity contribution < 1.29 is 23.6 Å². The minimum atomic E-state index is -0.890. The minimum absolute atomic E-state index is 0.0233. The summed E-state index contributed by atoms with van der Waals surface area (Å²) in [6.45, 7) is 1.94. The molecule has 8 heteroatoms. The number of methoxy groups -OCH3 is 1. The number of nitrogens with zero attached hydrogens (tertiary/aromatic N) is 3. The van der Waals surface area contributed by atoms with Crippen molar-refractivity contribution in [3.8, 4) is 0 Å². The van der Waals surface area contributed by atoms with Crippen LogP contribution in [0.4, 0.5) is 5.69 Å². The molecular weight excluding hydrogens is 278 g/mol. The Morgan fingerprint density at radius 2 is 2.19 bits per heavy atom. The summed E-state index contributed by atoms with van der Waals surface area (Å²) in [6.07, 6.45) is 0. The molecule has 1 aromatic carbocycles. The molecule has 8 nitrogen and oxygen atoms in total. The second-order valence-corrected chi connectivity index (χ2v) is 4.27. The Labute approximate surface area is 118 Å². The number of hydrogen-bond donors (Lipinski definition) is 0. The van der Waals surface area contributed by atoms with Crippen molar-refractivity contribution in [3.63, 3.8) is 0 Å². The third kappa shape index (κ3) is 1.95. The fourth-order valence-corrected chi connectivity index (χ4v) is 2.18. The molecule has 2 heterocycles. The molecule has 0 bridgehead atoms. The fraction of sp³-hybridized carbons (Fsp3) is 0.308. The molecule has 0 amide bonds. The highest BCUT2D eigenvalue weighted by atomic mass is 16.6. The normalized spacial score (nSPS) is 16.0. The maximum Gasteiger partial charge on any atom is 0.377 e. The second-order valence-electron chi connectivity index (χ2n) is 4.27. The summed E-state index contributed by atoms with van der Waals surface area (Å²) in [5, 5.41) is 12.1. The highest BCUT2D eigenvalue weighted by Crippen LogP contribution is 2.41. The Balaban J connectivity index is 2.14. The van der Waals surface area contributed by atoms with Crippen LogP contribution in [0.2, 0.25) is 0 Å². The number of ether oxygens (including phenoxy) is 2. The van der Waals surface area contributed by atoms with Crippen molar-refractivity contribution in [3.05, 3.63) is 23.5 Å². The molecular formula is C13H11N3O5. The number of hydrogen-bond acceptors (Lipinski definition) is 8. The molecule has 0 fully saturated rings. The van der Waals surface area contributed by atoms with Gasteiger partial charge in [0.15, 0.2) is 6.04 Å². The second kappa shape index (κ2) is 4.97. The predicted octanol–water partition coefficient (Wildman–Crippen LogP) is 2.32. The van der Waals surface area contributed by atoms with Gasteiger partial charge in [0, 0.05) is 5.56 Å². The number of carbonyl (C=O) groups is 2. The first-order valence-electron chi connectivity index (χ1n) is 6.25. The molecule has 0 N–H and O–H groups in total. The van der Waals surface area contributed by atoms with E-state index in [1.54, 1.807) is 19.1 Å². The first kappa shape index (κ1) is 13.2. The smallest absolute Gasteiger partial charge is 0.377 e. The van der Waals surface area contributed by atoms with E-state index >= 15 is 0 Å². The molecule has 0 saturated heterocycles. The summed E-state index contributed by atoms with van der Waals surface area (Å²) in [7, 11) is 1.25. The zero-order valence-electron chi connectivity index (χ0n) is 11.3. The van der Waals surface area contributed by atoms with Crippen molar-refractivity contribution in [2.75, 3.05) is 13.7 Å². The van der Waals surface area contributed by atoms with Crippen molar-refractivity contribution in [1.82, 2.24) is 5.16 Å². The van der Waals surface area contributed by atoms with E-state index in [1.165, 1.54) is 7.11 Å². The Kier molecular flexibility index (Phi) is 3.13. The van der Waals surface area contributed by atoms with Crippen LogP contribution in [0.25, 0.3) is 10.9 Å². The topological polar surface area (TPSA) is 103 Å². The first-order chi connectivity index (χ1) is 10.2. The van der Waals surface area contributed by atoms with Gasteiger partial charge in [-0.15, -0.1) is 0 Å². The molecule has 21 heavy (non-hydrogen) atoms. The quantitative estimate of drug-likeness (QED) is 0.803. The van der Waals surface area contributed by atoms with Crippen molar-refractivity contribution in [2.45, 2.75) is 13.0 Å². The standard InChI is InChI=1S/C13H11N3O5/c1-3-20-12(17)10-8-7(14-15-10)5-4-6-9(8)16-21-11(6)13(18)19-2/h4-5,10H,3H2,1-2H3. The van der Waals surface area contributed by atoms with Crippen LogP contribution in [0.15, 0.2) is 26.9 Å². The number of rotatable bonds is 3. The lowest BCUT2D eigenvalue weighted by molar-refractivity contribution is -0.144. The fourth-order valence-electron chi connectivity index (χ4n) is 2.18. The minimum Gasteiger partial charge on any atom is -0.464 e. The molecule has 108 valence electrons. The van der Waals surface area contributed by atoms with Gasteiger partial charge in [-0.1, -0.05) is 5.16 Å². The van der Waals surface area contributed by atoms with Gasteiger partial charge in [0.2, 0.25) is 0 Å². The van der Waals surface area contributed by atoms with E-state index in [2.05, 4.69) is 20.1 Å². The largest absolute Gasteiger partial charge is 0.464 e. The zero-order chi connectivity index (χ0) is 15.0. The van der Waals surface area contributed by atoms with Gasteiger partial charge in [0.25, 0.3) is 5.76 Å². The molecule has 1 atom stereocenters. The van der Waals surface area contributed by atoms with Gasteiger partial charge in [-0.3, -0.25) is 0 Å². The van der Waals surface area contributed by atoms with Crippen molar-refractivity contribution in [1.29, 1.82) is 0 Å². The highest BCUT2D eigenvalue weighted by Gasteiger charge is 2.33. The third-order valence-corrected chi connectivity index (χ3v) is 3.10. The Bertz CT molecular complexity index is 764. The molecule has 3 rings (SSSR count). The predicted molar refractivity (Wildman–Crippen MR) is 69.2 cm³/mol. The van der Waals surface area contributed by atoms with E-state index in [1.807, 2.05) is 0 Å². The van der Waals surface area contributed by atoms with Gasteiger partial charge in [0.05, 0.1) is 24.8 Å². The number of esters is 2. The summed E-state index contributed by atoms with van der Waals surface area (Å²) in [5.41, 5.74) is 1.34. The van der Waals surface area contributed by atoms with Crippen LogP contribution >= 0.6 is 0 Å². The number of aromatic nitrogens is 1. The van der Waals surface area contributed by atoms with Gasteiger partial charge in [-0.05, 0) is 19.1 Å². The molecule has 1 aromatic heterocycles. The van der Waals surface area contributed by atoms with Gasteiger partial charge in [-0.2, -0.15) is 10.2 Å². The average molecular weight is 289 g/mol. The molecule has 2 aromatic rings.